The lowest BCUT2D eigenvalue weighted by Crippen LogP contribution is -2.42. The van der Waals surface area contributed by atoms with Gasteiger partial charge in [0.15, 0.2) is 0 Å². The van der Waals surface area contributed by atoms with Crippen molar-refractivity contribution < 1.29 is 19.4 Å². The SMILES string of the molecule is Cc1c(-c2ccc(OC3CCN(C(=O)OCCCO)CC3)cc2)ccc2cccnc12. The molecule has 0 radical (unpaired) electrons. The number of rotatable bonds is 6. The Hall–Kier alpha value is -3.12. The van der Waals surface area contributed by atoms with Crippen molar-refractivity contribution in [3.05, 3.63) is 60.3 Å². The van der Waals surface area contributed by atoms with Gasteiger partial charge in [0.25, 0.3) is 0 Å². The minimum atomic E-state index is -0.309. The summed E-state index contributed by atoms with van der Waals surface area (Å²) in [4.78, 5) is 18.2. The highest BCUT2D eigenvalue weighted by Gasteiger charge is 2.24. The van der Waals surface area contributed by atoms with E-state index in [1.807, 2.05) is 24.4 Å². The topological polar surface area (TPSA) is 71.9 Å². The van der Waals surface area contributed by atoms with Crippen LogP contribution < -0.4 is 4.74 Å². The Kier molecular flexibility index (Phi) is 6.67. The molecule has 31 heavy (non-hydrogen) atoms. The predicted octanol–water partition coefficient (Wildman–Crippen LogP) is 4.57. The lowest BCUT2D eigenvalue weighted by molar-refractivity contribution is 0.0645. The summed E-state index contributed by atoms with van der Waals surface area (Å²) in [5, 5.41) is 9.92. The van der Waals surface area contributed by atoms with Crippen molar-refractivity contribution in [2.75, 3.05) is 26.3 Å². The summed E-state index contributed by atoms with van der Waals surface area (Å²) >= 11 is 0. The maximum Gasteiger partial charge on any atom is 0.409 e. The van der Waals surface area contributed by atoms with E-state index in [1.54, 1.807) is 4.90 Å². The highest BCUT2D eigenvalue weighted by atomic mass is 16.6. The van der Waals surface area contributed by atoms with Gasteiger partial charge in [-0.15, -0.1) is 0 Å². The van der Waals surface area contributed by atoms with Crippen LogP contribution in [0, 0.1) is 6.92 Å². The molecule has 1 aliphatic rings. The molecule has 0 unspecified atom stereocenters. The molecule has 6 nitrogen and oxygen atoms in total. The number of pyridine rings is 1. The molecular weight excluding hydrogens is 392 g/mol. The van der Waals surface area contributed by atoms with Gasteiger partial charge >= 0.3 is 6.09 Å². The Balaban J connectivity index is 1.35. The fourth-order valence-corrected chi connectivity index (χ4v) is 3.98. The number of ether oxygens (including phenoxy) is 2. The van der Waals surface area contributed by atoms with E-state index >= 15 is 0 Å². The van der Waals surface area contributed by atoms with Gasteiger partial charge in [-0.25, -0.2) is 4.79 Å². The third kappa shape index (κ3) is 4.97. The van der Waals surface area contributed by atoms with Crippen molar-refractivity contribution in [2.24, 2.45) is 0 Å². The van der Waals surface area contributed by atoms with E-state index in [4.69, 9.17) is 14.6 Å². The van der Waals surface area contributed by atoms with Crippen LogP contribution >= 0.6 is 0 Å². The smallest absolute Gasteiger partial charge is 0.409 e. The number of nitrogens with zero attached hydrogens (tertiary/aromatic N) is 2. The summed E-state index contributed by atoms with van der Waals surface area (Å²) in [6.07, 6.45) is 3.61. The third-order valence-electron chi connectivity index (χ3n) is 5.72. The second-order valence-corrected chi connectivity index (χ2v) is 7.83. The molecule has 1 aromatic heterocycles. The first-order chi connectivity index (χ1) is 15.2. The van der Waals surface area contributed by atoms with Crippen molar-refractivity contribution in [1.29, 1.82) is 0 Å². The van der Waals surface area contributed by atoms with E-state index in [9.17, 15) is 4.79 Å². The second-order valence-electron chi connectivity index (χ2n) is 7.83. The Morgan fingerprint density at radius 2 is 1.90 bits per heavy atom. The molecule has 2 aromatic carbocycles. The van der Waals surface area contributed by atoms with E-state index in [0.717, 1.165) is 35.1 Å². The number of likely N-dealkylation sites (tertiary alicyclic amines) is 1. The summed E-state index contributed by atoms with van der Waals surface area (Å²) in [6.45, 7) is 3.62. The molecule has 0 atom stereocenters. The Bertz CT molecular complexity index is 1030. The van der Waals surface area contributed by atoms with Crippen molar-refractivity contribution >= 4 is 17.0 Å². The van der Waals surface area contributed by atoms with E-state index in [1.165, 1.54) is 11.1 Å². The molecular formula is C25H28N2O4. The summed E-state index contributed by atoms with van der Waals surface area (Å²) in [5.41, 5.74) is 4.51. The Morgan fingerprint density at radius 1 is 1.13 bits per heavy atom. The summed E-state index contributed by atoms with van der Waals surface area (Å²) in [6, 6.07) is 16.5. The van der Waals surface area contributed by atoms with Crippen LogP contribution in [-0.4, -0.2) is 53.5 Å². The van der Waals surface area contributed by atoms with Crippen molar-refractivity contribution in [2.45, 2.75) is 32.3 Å². The molecule has 0 aliphatic carbocycles. The van der Waals surface area contributed by atoms with Crippen molar-refractivity contribution in [1.82, 2.24) is 9.88 Å². The standard InChI is InChI=1S/C25H28N2O4/c1-18-23(10-7-20-4-2-13-26-24(18)20)19-5-8-21(9-6-19)31-22-11-14-27(15-12-22)25(29)30-17-3-16-28/h2,4-10,13,22,28H,3,11-12,14-17H2,1H3. The highest BCUT2D eigenvalue weighted by Crippen LogP contribution is 2.30. The maximum atomic E-state index is 12.0. The summed E-state index contributed by atoms with van der Waals surface area (Å²) in [7, 11) is 0. The van der Waals surface area contributed by atoms with Crippen molar-refractivity contribution in [3.8, 4) is 16.9 Å². The van der Waals surface area contributed by atoms with Gasteiger partial charge in [0.05, 0.1) is 12.1 Å². The molecule has 1 N–H and O–H groups in total. The fourth-order valence-electron chi connectivity index (χ4n) is 3.98. The molecule has 3 aromatic rings. The zero-order valence-electron chi connectivity index (χ0n) is 17.8. The van der Waals surface area contributed by atoms with Gasteiger partial charge in [-0.2, -0.15) is 0 Å². The minimum Gasteiger partial charge on any atom is -0.490 e. The largest absolute Gasteiger partial charge is 0.490 e. The van der Waals surface area contributed by atoms with Crippen LogP contribution in [0.2, 0.25) is 0 Å². The average Bonchev–Trinajstić information content (AvgIpc) is 2.81. The van der Waals surface area contributed by atoms with Gasteiger partial charge < -0.3 is 19.5 Å². The average molecular weight is 421 g/mol. The number of aliphatic hydroxyl groups excluding tert-OH is 1. The van der Waals surface area contributed by atoms with Gasteiger partial charge in [0.2, 0.25) is 0 Å². The van der Waals surface area contributed by atoms with E-state index < -0.39 is 0 Å². The number of carbonyl (C=O) groups excluding carboxylic acids is 1. The van der Waals surface area contributed by atoms with Gasteiger partial charge in [-0.1, -0.05) is 30.3 Å². The molecule has 0 spiro atoms. The number of fused-ring (bicyclic) bond motifs is 1. The number of amides is 1. The monoisotopic (exact) mass is 420 g/mol. The van der Waals surface area contributed by atoms with Crippen LogP contribution in [0.15, 0.2) is 54.7 Å². The van der Waals surface area contributed by atoms with Gasteiger partial charge in [0.1, 0.15) is 11.9 Å². The molecule has 0 saturated carbocycles. The summed E-state index contributed by atoms with van der Waals surface area (Å²) in [5.74, 6) is 0.837. The van der Waals surface area contributed by atoms with E-state index in [-0.39, 0.29) is 25.4 Å². The zero-order valence-corrected chi connectivity index (χ0v) is 17.8. The van der Waals surface area contributed by atoms with E-state index in [2.05, 4.69) is 42.2 Å². The molecule has 0 bridgehead atoms. The molecule has 6 heteroatoms. The van der Waals surface area contributed by atoms with Gasteiger partial charge in [-0.05, 0) is 41.8 Å². The van der Waals surface area contributed by atoms with E-state index in [0.29, 0.717) is 19.5 Å². The van der Waals surface area contributed by atoms with Crippen LogP contribution in [0.1, 0.15) is 24.8 Å². The number of carbonyl (C=O) groups is 1. The third-order valence-corrected chi connectivity index (χ3v) is 5.72. The number of aliphatic hydroxyl groups is 1. The van der Waals surface area contributed by atoms with Gasteiger partial charge in [-0.3, -0.25) is 4.98 Å². The maximum absolute atomic E-state index is 12.0. The van der Waals surface area contributed by atoms with Crippen LogP contribution in [0.25, 0.3) is 22.0 Å². The molecule has 162 valence electrons. The number of piperidine rings is 1. The predicted molar refractivity (Wildman–Crippen MR) is 120 cm³/mol. The van der Waals surface area contributed by atoms with Crippen molar-refractivity contribution in [3.63, 3.8) is 0 Å². The first kappa shape index (κ1) is 21.1. The van der Waals surface area contributed by atoms with Crippen LogP contribution in [0.4, 0.5) is 4.79 Å². The van der Waals surface area contributed by atoms with Gasteiger partial charge in [0, 0.05) is 50.5 Å². The van der Waals surface area contributed by atoms with Crippen LogP contribution in [0.5, 0.6) is 5.75 Å². The first-order valence-electron chi connectivity index (χ1n) is 10.8. The molecule has 1 saturated heterocycles. The summed E-state index contributed by atoms with van der Waals surface area (Å²) < 4.78 is 11.3. The normalized spacial score (nSPS) is 14.6. The highest BCUT2D eigenvalue weighted by molar-refractivity contribution is 5.88. The van der Waals surface area contributed by atoms with Crippen LogP contribution in [0.3, 0.4) is 0 Å². The fraction of sp³-hybridized carbons (Fsp3) is 0.360. The molecule has 1 aliphatic heterocycles. The minimum absolute atomic E-state index is 0.0271. The molecule has 4 rings (SSSR count). The Morgan fingerprint density at radius 3 is 2.65 bits per heavy atom. The zero-order chi connectivity index (χ0) is 21.6. The first-order valence-corrected chi connectivity index (χ1v) is 10.8. The number of hydrogen-bond donors (Lipinski definition) is 1. The Labute approximate surface area is 182 Å². The molecule has 2 heterocycles. The molecule has 1 amide bonds. The molecule has 1 fully saturated rings. The lowest BCUT2D eigenvalue weighted by Gasteiger charge is -2.31. The van der Waals surface area contributed by atoms with Crippen LogP contribution in [-0.2, 0) is 4.74 Å². The number of hydrogen-bond acceptors (Lipinski definition) is 5. The number of benzene rings is 2. The number of aryl methyl sites for hydroxylation is 1. The quantitative estimate of drug-likeness (QED) is 0.592. The lowest BCUT2D eigenvalue weighted by atomic mass is 9.98. The number of aromatic nitrogens is 1. The second kappa shape index (κ2) is 9.79.